The third-order valence-electron chi connectivity index (χ3n) is 0.507. The lowest BCUT2D eigenvalue weighted by atomic mass is 10.3. The average molecular weight is 93.1 g/mol. The van der Waals surface area contributed by atoms with Gasteiger partial charge in [0.15, 0.2) is 0 Å². The van der Waals surface area contributed by atoms with Crippen LogP contribution in [0.4, 0.5) is 8.78 Å². The zero-order chi connectivity index (χ0) is 5.21. The molecular formula is C4H7F2. The maximum Gasteiger partial charge on any atom is 0.248 e. The lowest BCUT2D eigenvalue weighted by Crippen LogP contribution is -2.06. The quantitative estimate of drug-likeness (QED) is 0.464. The summed E-state index contributed by atoms with van der Waals surface area (Å²) in [5.74, 6) is -2.58. The van der Waals surface area contributed by atoms with Gasteiger partial charge >= 0.3 is 0 Å². The summed E-state index contributed by atoms with van der Waals surface area (Å²) in [5.41, 5.74) is 0. The van der Waals surface area contributed by atoms with E-state index in [0.717, 1.165) is 13.3 Å². The Labute approximate surface area is 36.2 Å². The van der Waals surface area contributed by atoms with Gasteiger partial charge in [-0.25, -0.2) is 8.78 Å². The summed E-state index contributed by atoms with van der Waals surface area (Å²) in [6, 6.07) is 0. The lowest BCUT2D eigenvalue weighted by Gasteiger charge is -2.01. The summed E-state index contributed by atoms with van der Waals surface area (Å²) in [7, 11) is 0. The van der Waals surface area contributed by atoms with Crippen LogP contribution in [0.1, 0.15) is 13.8 Å². The summed E-state index contributed by atoms with van der Waals surface area (Å²) in [6.45, 7) is 2.19. The standard InChI is InChI=1S/C4H7F2/c1-3-4(2,5)6/h3H,1-2H3. The van der Waals surface area contributed by atoms with Crippen molar-refractivity contribution in [2.24, 2.45) is 0 Å². The molecule has 0 N–H and O–H groups in total. The molecule has 0 bridgehead atoms. The largest absolute Gasteiger partial charge is 0.248 e. The third-order valence-corrected chi connectivity index (χ3v) is 0.507. The van der Waals surface area contributed by atoms with Gasteiger partial charge in [0.05, 0.1) is 0 Å². The molecule has 6 heavy (non-hydrogen) atoms. The fourth-order valence-corrected chi connectivity index (χ4v) is 0. The molecule has 37 valence electrons. The Kier molecular flexibility index (Phi) is 1.50. The molecule has 1 radical (unpaired) electrons. The Morgan fingerprint density at radius 2 is 1.67 bits per heavy atom. The minimum atomic E-state index is -2.58. The summed E-state index contributed by atoms with van der Waals surface area (Å²) < 4.78 is 22.8. The first-order chi connectivity index (χ1) is 2.56. The van der Waals surface area contributed by atoms with Crippen molar-refractivity contribution >= 4 is 0 Å². The molecule has 0 aromatic heterocycles. The normalized spacial score (nSPS) is 12.0. The first-order valence-corrected chi connectivity index (χ1v) is 1.74. The van der Waals surface area contributed by atoms with E-state index in [0.29, 0.717) is 0 Å². The molecule has 0 fully saturated rings. The number of rotatable bonds is 1. The van der Waals surface area contributed by atoms with Crippen molar-refractivity contribution in [1.82, 2.24) is 0 Å². The van der Waals surface area contributed by atoms with Gasteiger partial charge in [0.25, 0.3) is 0 Å². The zero-order valence-electron chi connectivity index (χ0n) is 3.83. The second-order valence-corrected chi connectivity index (χ2v) is 1.24. The van der Waals surface area contributed by atoms with Gasteiger partial charge in [-0.3, -0.25) is 0 Å². The molecule has 0 aliphatic rings. The molecule has 2 heteroatoms. The zero-order valence-corrected chi connectivity index (χ0v) is 3.83. The Morgan fingerprint density at radius 1 is 1.50 bits per heavy atom. The Bertz CT molecular complexity index is 35.3. The molecule has 0 atom stereocenters. The van der Waals surface area contributed by atoms with Crippen LogP contribution in [0.15, 0.2) is 0 Å². The van der Waals surface area contributed by atoms with Gasteiger partial charge in [-0.15, -0.1) is 0 Å². The van der Waals surface area contributed by atoms with Crippen LogP contribution < -0.4 is 0 Å². The summed E-state index contributed by atoms with van der Waals surface area (Å²) in [5, 5.41) is 0. The van der Waals surface area contributed by atoms with Gasteiger partial charge < -0.3 is 0 Å². The third kappa shape index (κ3) is 3.86. The van der Waals surface area contributed by atoms with Crippen LogP contribution in [0.25, 0.3) is 0 Å². The van der Waals surface area contributed by atoms with Crippen LogP contribution >= 0.6 is 0 Å². The Hall–Kier alpha value is -0.140. The van der Waals surface area contributed by atoms with Crippen LogP contribution in [-0.2, 0) is 0 Å². The second kappa shape index (κ2) is 1.54. The molecular weight excluding hydrogens is 86.0 g/mol. The summed E-state index contributed by atoms with van der Waals surface area (Å²) in [6.07, 6.45) is 0.854. The van der Waals surface area contributed by atoms with Crippen molar-refractivity contribution in [3.8, 4) is 0 Å². The molecule has 0 rings (SSSR count). The van der Waals surface area contributed by atoms with Crippen LogP contribution in [-0.4, -0.2) is 5.92 Å². The van der Waals surface area contributed by atoms with Gasteiger partial charge in [-0.1, -0.05) is 6.92 Å². The molecule has 0 saturated carbocycles. The first-order valence-electron chi connectivity index (χ1n) is 1.74. The summed E-state index contributed by atoms with van der Waals surface area (Å²) >= 11 is 0. The molecule has 0 aliphatic carbocycles. The molecule has 0 aromatic rings. The van der Waals surface area contributed by atoms with E-state index in [-0.39, 0.29) is 0 Å². The van der Waals surface area contributed by atoms with Crippen LogP contribution in [0.2, 0.25) is 0 Å². The maximum atomic E-state index is 11.4. The molecule has 0 heterocycles. The minimum Gasteiger partial charge on any atom is -0.207 e. The SMILES string of the molecule is C[CH]C(C)(F)F. The predicted octanol–water partition coefficient (Wildman–Crippen LogP) is 1.87. The smallest absolute Gasteiger partial charge is 0.207 e. The van der Waals surface area contributed by atoms with Crippen molar-refractivity contribution in [3.05, 3.63) is 6.42 Å². The molecule has 0 unspecified atom stereocenters. The molecule has 0 aromatic carbocycles. The van der Waals surface area contributed by atoms with Crippen LogP contribution in [0.3, 0.4) is 0 Å². The van der Waals surface area contributed by atoms with E-state index < -0.39 is 5.92 Å². The van der Waals surface area contributed by atoms with Gasteiger partial charge in [0, 0.05) is 6.42 Å². The highest BCUT2D eigenvalue weighted by molar-refractivity contribution is 4.72. The van der Waals surface area contributed by atoms with Crippen molar-refractivity contribution in [2.75, 3.05) is 0 Å². The molecule has 0 saturated heterocycles. The first kappa shape index (κ1) is 5.86. The molecule has 0 nitrogen and oxygen atoms in total. The van der Waals surface area contributed by atoms with E-state index >= 15 is 0 Å². The fraction of sp³-hybridized carbons (Fsp3) is 0.750. The van der Waals surface area contributed by atoms with E-state index in [1.165, 1.54) is 6.92 Å². The number of hydrogen-bond acceptors (Lipinski definition) is 0. The van der Waals surface area contributed by atoms with Gasteiger partial charge in [0.2, 0.25) is 5.92 Å². The molecule has 0 aliphatic heterocycles. The highest BCUT2D eigenvalue weighted by atomic mass is 19.3. The van der Waals surface area contributed by atoms with Gasteiger partial charge in [-0.2, -0.15) is 0 Å². The maximum absolute atomic E-state index is 11.4. The van der Waals surface area contributed by atoms with Crippen molar-refractivity contribution in [3.63, 3.8) is 0 Å². The van der Waals surface area contributed by atoms with E-state index in [2.05, 4.69) is 0 Å². The molecule has 0 amide bonds. The van der Waals surface area contributed by atoms with E-state index in [1.807, 2.05) is 0 Å². The van der Waals surface area contributed by atoms with E-state index in [9.17, 15) is 8.78 Å². The topological polar surface area (TPSA) is 0 Å². The van der Waals surface area contributed by atoms with Gasteiger partial charge in [-0.05, 0) is 6.92 Å². The van der Waals surface area contributed by atoms with Crippen molar-refractivity contribution < 1.29 is 8.78 Å². The monoisotopic (exact) mass is 93.1 g/mol. The van der Waals surface area contributed by atoms with E-state index in [1.54, 1.807) is 0 Å². The minimum absolute atomic E-state index is 0.854. The van der Waals surface area contributed by atoms with Gasteiger partial charge in [0.1, 0.15) is 0 Å². The number of alkyl halides is 2. The summed E-state index contributed by atoms with van der Waals surface area (Å²) in [4.78, 5) is 0. The number of hydrogen-bond donors (Lipinski definition) is 0. The average Bonchev–Trinajstić information content (AvgIpc) is 1.35. The van der Waals surface area contributed by atoms with Crippen LogP contribution in [0, 0.1) is 6.42 Å². The highest BCUT2D eigenvalue weighted by Crippen LogP contribution is 2.13. The van der Waals surface area contributed by atoms with E-state index in [4.69, 9.17) is 0 Å². The second-order valence-electron chi connectivity index (χ2n) is 1.24. The molecule has 0 spiro atoms. The number of halogens is 2. The van der Waals surface area contributed by atoms with Crippen molar-refractivity contribution in [1.29, 1.82) is 0 Å². The van der Waals surface area contributed by atoms with Crippen LogP contribution in [0.5, 0.6) is 0 Å². The fourth-order valence-electron chi connectivity index (χ4n) is 0. The van der Waals surface area contributed by atoms with Crippen molar-refractivity contribution in [2.45, 2.75) is 19.8 Å². The Balaban J connectivity index is 3.17. The lowest BCUT2D eigenvalue weighted by molar-refractivity contribution is 0.0592. The Morgan fingerprint density at radius 3 is 1.67 bits per heavy atom. The predicted molar refractivity (Wildman–Crippen MR) is 20.6 cm³/mol. The highest BCUT2D eigenvalue weighted by Gasteiger charge is 2.16.